The third-order valence-electron chi connectivity index (χ3n) is 2.62. The van der Waals surface area contributed by atoms with E-state index in [9.17, 15) is 9.59 Å². The Morgan fingerprint density at radius 1 is 1.30 bits per heavy atom. The maximum Gasteiger partial charge on any atom is 0.347 e. The first-order valence-electron chi connectivity index (χ1n) is 6.34. The smallest absolute Gasteiger partial charge is 0.347 e. The first-order valence-corrected chi connectivity index (χ1v) is 6.34. The molecular formula is C14H19NO5. The quantitative estimate of drug-likeness (QED) is 0.631. The van der Waals surface area contributed by atoms with Crippen molar-refractivity contribution < 1.29 is 23.8 Å². The Bertz CT molecular complexity index is 486. The number of hydrogen-bond donors (Lipinski definition) is 1. The van der Waals surface area contributed by atoms with Crippen LogP contribution in [0.15, 0.2) is 18.2 Å². The highest BCUT2D eigenvalue weighted by Crippen LogP contribution is 2.25. The lowest BCUT2D eigenvalue weighted by Gasteiger charge is -2.17. The van der Waals surface area contributed by atoms with Crippen molar-refractivity contribution in [2.24, 2.45) is 0 Å². The Morgan fingerprint density at radius 3 is 2.50 bits per heavy atom. The summed E-state index contributed by atoms with van der Waals surface area (Å²) >= 11 is 0. The van der Waals surface area contributed by atoms with Gasteiger partial charge in [-0.15, -0.1) is 0 Å². The standard InChI is InChI=1S/C14H19NO5/c1-4-11(14(17)19-5-2)20-12-7-6-9(8-10(12)15)13(16)18-3/h6-8,11H,4-5,15H2,1-3H3. The van der Waals surface area contributed by atoms with E-state index in [-0.39, 0.29) is 12.3 Å². The van der Waals surface area contributed by atoms with Gasteiger partial charge in [-0.2, -0.15) is 0 Å². The summed E-state index contributed by atoms with van der Waals surface area (Å²) in [4.78, 5) is 23.0. The van der Waals surface area contributed by atoms with E-state index in [1.54, 1.807) is 13.8 Å². The van der Waals surface area contributed by atoms with Crippen LogP contribution in [0.5, 0.6) is 5.75 Å². The summed E-state index contributed by atoms with van der Waals surface area (Å²) in [5, 5.41) is 0. The first-order chi connectivity index (χ1) is 9.53. The van der Waals surface area contributed by atoms with Crippen LogP contribution in [-0.4, -0.2) is 31.8 Å². The zero-order valence-electron chi connectivity index (χ0n) is 11.8. The number of esters is 2. The molecule has 0 heterocycles. The molecule has 6 nitrogen and oxygen atoms in total. The largest absolute Gasteiger partial charge is 0.477 e. The van der Waals surface area contributed by atoms with Crippen molar-refractivity contribution >= 4 is 17.6 Å². The van der Waals surface area contributed by atoms with Gasteiger partial charge in [-0.1, -0.05) is 6.92 Å². The summed E-state index contributed by atoms with van der Waals surface area (Å²) < 4.78 is 15.0. The van der Waals surface area contributed by atoms with E-state index in [1.807, 2.05) is 0 Å². The molecular weight excluding hydrogens is 262 g/mol. The molecule has 0 aromatic heterocycles. The normalized spacial score (nSPS) is 11.6. The number of methoxy groups -OCH3 is 1. The molecule has 1 aromatic carbocycles. The minimum absolute atomic E-state index is 0.260. The number of anilines is 1. The van der Waals surface area contributed by atoms with Gasteiger partial charge in [0.15, 0.2) is 6.10 Å². The van der Waals surface area contributed by atoms with E-state index < -0.39 is 18.0 Å². The van der Waals surface area contributed by atoms with Crippen molar-refractivity contribution in [3.8, 4) is 5.75 Å². The number of carbonyl (C=O) groups is 2. The third-order valence-corrected chi connectivity index (χ3v) is 2.62. The number of benzene rings is 1. The fourth-order valence-electron chi connectivity index (χ4n) is 1.59. The van der Waals surface area contributed by atoms with E-state index in [0.717, 1.165) is 0 Å². The van der Waals surface area contributed by atoms with Gasteiger partial charge in [-0.05, 0) is 31.5 Å². The Kier molecular flexibility index (Phi) is 5.83. The Morgan fingerprint density at radius 2 is 2.00 bits per heavy atom. The molecule has 0 amide bonds. The molecule has 110 valence electrons. The molecule has 0 saturated heterocycles. The Labute approximate surface area is 117 Å². The SMILES string of the molecule is CCOC(=O)C(CC)Oc1ccc(C(=O)OC)cc1N. The molecule has 0 aliphatic carbocycles. The zero-order valence-corrected chi connectivity index (χ0v) is 11.8. The molecule has 2 N–H and O–H groups in total. The van der Waals surface area contributed by atoms with E-state index in [0.29, 0.717) is 17.7 Å². The summed E-state index contributed by atoms with van der Waals surface area (Å²) in [6, 6.07) is 4.50. The van der Waals surface area contributed by atoms with Crippen LogP contribution < -0.4 is 10.5 Å². The number of rotatable bonds is 6. The van der Waals surface area contributed by atoms with Crippen LogP contribution in [0.2, 0.25) is 0 Å². The zero-order chi connectivity index (χ0) is 15.1. The maximum atomic E-state index is 11.6. The van der Waals surface area contributed by atoms with Gasteiger partial charge < -0.3 is 19.9 Å². The number of hydrogen-bond acceptors (Lipinski definition) is 6. The summed E-state index contributed by atoms with van der Waals surface area (Å²) in [5.74, 6) is -0.593. The predicted octanol–water partition coefficient (Wildman–Crippen LogP) is 1.78. The van der Waals surface area contributed by atoms with E-state index >= 15 is 0 Å². The average Bonchev–Trinajstić information content (AvgIpc) is 2.45. The van der Waals surface area contributed by atoms with Crippen molar-refractivity contribution in [3.05, 3.63) is 23.8 Å². The molecule has 1 aromatic rings. The summed E-state index contributed by atoms with van der Waals surface area (Å²) in [5.41, 5.74) is 6.39. The number of ether oxygens (including phenoxy) is 3. The maximum absolute atomic E-state index is 11.6. The van der Waals surface area contributed by atoms with Gasteiger partial charge >= 0.3 is 11.9 Å². The lowest BCUT2D eigenvalue weighted by Crippen LogP contribution is -2.29. The fraction of sp³-hybridized carbons (Fsp3) is 0.429. The second-order valence-corrected chi connectivity index (χ2v) is 4.01. The molecule has 0 fully saturated rings. The average molecular weight is 281 g/mol. The molecule has 20 heavy (non-hydrogen) atoms. The van der Waals surface area contributed by atoms with E-state index in [4.69, 9.17) is 15.2 Å². The number of nitrogen functional groups attached to an aromatic ring is 1. The van der Waals surface area contributed by atoms with Gasteiger partial charge in [0.25, 0.3) is 0 Å². The van der Waals surface area contributed by atoms with Gasteiger partial charge in [0.1, 0.15) is 5.75 Å². The highest BCUT2D eigenvalue weighted by atomic mass is 16.6. The molecule has 1 rings (SSSR count). The molecule has 0 radical (unpaired) electrons. The van der Waals surface area contributed by atoms with Crippen LogP contribution in [0.4, 0.5) is 5.69 Å². The van der Waals surface area contributed by atoms with Gasteiger partial charge in [-0.25, -0.2) is 9.59 Å². The van der Waals surface area contributed by atoms with Crippen LogP contribution in [0.1, 0.15) is 30.6 Å². The van der Waals surface area contributed by atoms with Crippen LogP contribution in [-0.2, 0) is 14.3 Å². The molecule has 1 atom stereocenters. The second-order valence-electron chi connectivity index (χ2n) is 4.01. The molecule has 0 saturated carbocycles. The van der Waals surface area contributed by atoms with E-state index in [2.05, 4.69) is 4.74 Å². The van der Waals surface area contributed by atoms with Crippen molar-refractivity contribution in [3.63, 3.8) is 0 Å². The Hall–Kier alpha value is -2.24. The molecule has 1 unspecified atom stereocenters. The minimum atomic E-state index is -0.721. The summed E-state index contributed by atoms with van der Waals surface area (Å²) in [6.45, 7) is 3.82. The third kappa shape index (κ3) is 3.88. The van der Waals surface area contributed by atoms with Crippen molar-refractivity contribution in [1.82, 2.24) is 0 Å². The highest BCUT2D eigenvalue weighted by Gasteiger charge is 2.21. The lowest BCUT2D eigenvalue weighted by molar-refractivity contribution is -0.151. The molecule has 0 aliphatic rings. The predicted molar refractivity (Wildman–Crippen MR) is 73.5 cm³/mol. The Balaban J connectivity index is 2.86. The van der Waals surface area contributed by atoms with Gasteiger partial charge in [0.2, 0.25) is 0 Å². The van der Waals surface area contributed by atoms with Crippen molar-refractivity contribution in [2.45, 2.75) is 26.4 Å². The lowest BCUT2D eigenvalue weighted by atomic mass is 10.2. The van der Waals surface area contributed by atoms with Crippen molar-refractivity contribution in [2.75, 3.05) is 19.5 Å². The van der Waals surface area contributed by atoms with Crippen molar-refractivity contribution in [1.29, 1.82) is 0 Å². The van der Waals surface area contributed by atoms with Crippen LogP contribution >= 0.6 is 0 Å². The highest BCUT2D eigenvalue weighted by molar-refractivity contribution is 5.91. The summed E-state index contributed by atoms with van der Waals surface area (Å²) in [6.07, 6.45) is -0.266. The number of nitrogens with two attached hydrogens (primary N) is 1. The van der Waals surface area contributed by atoms with Gasteiger partial charge in [-0.3, -0.25) is 0 Å². The first kappa shape index (κ1) is 15.8. The van der Waals surface area contributed by atoms with E-state index in [1.165, 1.54) is 25.3 Å². The second kappa shape index (κ2) is 7.37. The monoisotopic (exact) mass is 281 g/mol. The topological polar surface area (TPSA) is 87.8 Å². The van der Waals surface area contributed by atoms with Crippen LogP contribution in [0.25, 0.3) is 0 Å². The summed E-state index contributed by atoms with van der Waals surface area (Å²) in [7, 11) is 1.29. The van der Waals surface area contributed by atoms with Crippen LogP contribution in [0, 0.1) is 0 Å². The van der Waals surface area contributed by atoms with Gasteiger partial charge in [0.05, 0.1) is 25.0 Å². The number of carbonyl (C=O) groups excluding carboxylic acids is 2. The minimum Gasteiger partial charge on any atom is -0.477 e. The molecule has 0 bridgehead atoms. The van der Waals surface area contributed by atoms with Gasteiger partial charge in [0, 0.05) is 0 Å². The molecule has 0 spiro atoms. The van der Waals surface area contributed by atoms with Crippen LogP contribution in [0.3, 0.4) is 0 Å². The molecule has 0 aliphatic heterocycles. The fourth-order valence-corrected chi connectivity index (χ4v) is 1.59. The molecule has 6 heteroatoms.